The van der Waals surface area contributed by atoms with Gasteiger partial charge in [0.25, 0.3) is 0 Å². The third kappa shape index (κ3) is 783. The Morgan fingerprint density at radius 2 is 0.0444 bits per heavy atom. The monoisotopic (exact) mass is 1920 g/mol. The van der Waals surface area contributed by atoms with Crippen LogP contribution >= 0.6 is 0 Å². The van der Waals surface area contributed by atoms with Crippen LogP contribution in [-0.2, 0) is 247 Å². The summed E-state index contributed by atoms with van der Waals surface area (Å²) in [6, 6.07) is 0. The molecular formula is Cl30Ni15. The molecule has 0 saturated carbocycles. The van der Waals surface area contributed by atoms with Gasteiger partial charge in [0.1, 0.15) is 0 Å². The van der Waals surface area contributed by atoms with Crippen molar-refractivity contribution in [2.45, 2.75) is 0 Å². The summed E-state index contributed by atoms with van der Waals surface area (Å²) in [5, 5.41) is 0. The standard InChI is InChI=1S/30ClH.15Ni/h30*1H;;;;;;;;;;;;;;;/q;;;;;;;;;;;;;;;;;;;;;;;;;;;;;;15*+2/p-30. The average molecular weight is 1940 g/mol. The van der Waals surface area contributed by atoms with Gasteiger partial charge in [0.15, 0.2) is 0 Å². The van der Waals surface area contributed by atoms with Crippen molar-refractivity contribution in [2.24, 2.45) is 0 Å². The van der Waals surface area contributed by atoms with E-state index in [2.05, 4.69) is 0 Å². The fraction of sp³-hybridized carbons (Fsp3) is 0. The van der Waals surface area contributed by atoms with Crippen molar-refractivity contribution in [2.75, 3.05) is 0 Å². The minimum atomic E-state index is 0. The first-order valence-electron chi connectivity index (χ1n) is 0. The van der Waals surface area contributed by atoms with E-state index in [4.69, 9.17) is 0 Å². The zero-order valence-electron chi connectivity index (χ0n) is 16.1. The van der Waals surface area contributed by atoms with Gasteiger partial charge in [0.05, 0.1) is 0 Å². The molecule has 0 unspecified atom stereocenters. The van der Waals surface area contributed by atoms with Crippen LogP contribution in [0, 0.1) is 0 Å². The van der Waals surface area contributed by atoms with Gasteiger partial charge >= 0.3 is 247 Å². The fourth-order valence-corrected chi connectivity index (χ4v) is 0. The normalized spacial score (nSPS) is 0. The van der Waals surface area contributed by atoms with Crippen LogP contribution in [0.1, 0.15) is 0 Å². The van der Waals surface area contributed by atoms with Crippen LogP contribution < -0.4 is 372 Å². The van der Waals surface area contributed by atoms with Gasteiger partial charge in [-0.2, -0.15) is 0 Å². The maximum atomic E-state index is 0. The molecule has 0 radical (unpaired) electrons. The molecule has 0 aliphatic carbocycles. The SMILES string of the molecule is [Cl-].[Cl-].[Cl-].[Cl-].[Cl-].[Cl-].[Cl-].[Cl-].[Cl-].[Cl-].[Cl-].[Cl-].[Cl-].[Cl-].[Cl-].[Cl-].[Cl-].[Cl-].[Cl-].[Cl-].[Cl-].[Cl-].[Cl-].[Cl-].[Cl-].[Cl-].[Cl-].[Cl-].[Cl-].[Cl-].[Ni+2].[Ni+2].[Ni+2].[Ni+2].[Ni+2].[Ni+2].[Ni+2].[Ni+2].[Ni+2].[Ni+2].[Ni+2].[Ni+2].[Ni+2].[Ni+2].[Ni+2]. The Bertz CT molecular complexity index is 41.3. The number of hydrogen-bond donors (Lipinski definition) is 0. The molecule has 0 aromatic carbocycles. The van der Waals surface area contributed by atoms with Gasteiger partial charge in [-0.3, -0.25) is 0 Å². The van der Waals surface area contributed by atoms with Crippen molar-refractivity contribution < 1.29 is 620 Å². The fourth-order valence-electron chi connectivity index (χ4n) is 0. The van der Waals surface area contributed by atoms with Gasteiger partial charge < -0.3 is 372 Å². The second-order valence-electron chi connectivity index (χ2n) is 0. The summed E-state index contributed by atoms with van der Waals surface area (Å²) >= 11 is 0. The topological polar surface area (TPSA) is 0 Å². The van der Waals surface area contributed by atoms with Gasteiger partial charge in [-0.1, -0.05) is 0 Å². The molecule has 0 saturated heterocycles. The minimum absolute atomic E-state index is 0. The van der Waals surface area contributed by atoms with Gasteiger partial charge in [0.2, 0.25) is 0 Å². The minimum Gasteiger partial charge on any atom is -1.00 e. The van der Waals surface area contributed by atoms with Crippen molar-refractivity contribution in [3.05, 3.63) is 0 Å². The Hall–Kier alpha value is 16.1. The average Bonchev–Trinajstić information content (AvgIpc) is 0. The quantitative estimate of drug-likeness (QED) is 0.212. The first-order chi connectivity index (χ1) is 0. The second-order valence-corrected chi connectivity index (χ2v) is 0. The first kappa shape index (κ1) is 851. The first-order valence-corrected chi connectivity index (χ1v) is 0. The molecule has 0 aliphatic heterocycles. The number of rotatable bonds is 0. The molecule has 0 spiro atoms. The molecule has 0 fully saturated rings. The molecule has 0 atom stereocenters. The van der Waals surface area contributed by atoms with Crippen molar-refractivity contribution in [3.63, 3.8) is 0 Å². The van der Waals surface area contributed by atoms with Crippen LogP contribution in [0.3, 0.4) is 0 Å². The van der Waals surface area contributed by atoms with E-state index in [0.717, 1.165) is 0 Å². The molecular weight excluding hydrogens is 1940 g/mol. The smallest absolute Gasteiger partial charge is 1.00 e. The Balaban J connectivity index is 0. The van der Waals surface area contributed by atoms with E-state index in [9.17, 15) is 0 Å². The molecule has 0 N–H and O–H groups in total. The van der Waals surface area contributed by atoms with Crippen LogP contribution in [0.2, 0.25) is 0 Å². The maximum absolute atomic E-state index is 0. The van der Waals surface area contributed by atoms with E-state index >= 15 is 0 Å². The van der Waals surface area contributed by atoms with Crippen molar-refractivity contribution in [1.29, 1.82) is 0 Å². The van der Waals surface area contributed by atoms with Gasteiger partial charge in [-0.05, 0) is 0 Å². The van der Waals surface area contributed by atoms with E-state index in [0.29, 0.717) is 0 Å². The molecule has 0 aromatic heterocycles. The Morgan fingerprint density at radius 3 is 0.0444 bits per heavy atom. The van der Waals surface area contributed by atoms with Crippen LogP contribution in [-0.4, -0.2) is 0 Å². The van der Waals surface area contributed by atoms with Crippen LogP contribution in [0.15, 0.2) is 0 Å². The molecule has 45 heteroatoms. The second kappa shape index (κ2) is 810. The third-order valence-electron chi connectivity index (χ3n) is 0. The van der Waals surface area contributed by atoms with E-state index in [1.165, 1.54) is 0 Å². The summed E-state index contributed by atoms with van der Waals surface area (Å²) in [5.41, 5.74) is 0. The predicted octanol–water partition coefficient (Wildman–Crippen LogP) is -89.9. The molecule has 0 nitrogen and oxygen atoms in total. The summed E-state index contributed by atoms with van der Waals surface area (Å²) < 4.78 is 0. The number of halogens is 30. The molecule has 0 aliphatic rings. The predicted molar refractivity (Wildman–Crippen MR) is 0 cm³/mol. The largest absolute Gasteiger partial charge is 2.00 e. The summed E-state index contributed by atoms with van der Waals surface area (Å²) in [6.07, 6.45) is 0. The van der Waals surface area contributed by atoms with E-state index < -0.39 is 0 Å². The summed E-state index contributed by atoms with van der Waals surface area (Å²) in [7, 11) is 0. The molecule has 0 amide bonds. The Kier molecular flexibility index (Phi) is 15300. The molecule has 0 heterocycles. The van der Waals surface area contributed by atoms with E-state index in [1.54, 1.807) is 0 Å². The van der Waals surface area contributed by atoms with Crippen LogP contribution in [0.25, 0.3) is 0 Å². The third-order valence-corrected chi connectivity index (χ3v) is 0. The van der Waals surface area contributed by atoms with Crippen molar-refractivity contribution in [3.8, 4) is 0 Å². The van der Waals surface area contributed by atoms with Crippen LogP contribution in [0.4, 0.5) is 0 Å². The zero-order chi connectivity index (χ0) is 0. The van der Waals surface area contributed by atoms with Crippen molar-refractivity contribution >= 4 is 0 Å². The van der Waals surface area contributed by atoms with E-state index in [-0.39, 0.29) is 620 Å². The van der Waals surface area contributed by atoms with Gasteiger partial charge in [-0.15, -0.1) is 0 Å². The molecule has 0 rings (SSSR count). The maximum Gasteiger partial charge on any atom is 2.00 e. The Labute approximate surface area is 607 Å². The van der Waals surface area contributed by atoms with Gasteiger partial charge in [-0.25, -0.2) is 0 Å². The summed E-state index contributed by atoms with van der Waals surface area (Å²) in [5.74, 6) is 0. The Morgan fingerprint density at radius 1 is 0.0444 bits per heavy atom. The van der Waals surface area contributed by atoms with Crippen molar-refractivity contribution in [1.82, 2.24) is 0 Å². The number of hydrogen-bond acceptors (Lipinski definition) is 0. The summed E-state index contributed by atoms with van der Waals surface area (Å²) in [6.45, 7) is 0. The zero-order valence-corrected chi connectivity index (χ0v) is 53.6. The molecule has 0 bridgehead atoms. The molecule has 360 valence electrons. The van der Waals surface area contributed by atoms with Gasteiger partial charge in [0, 0.05) is 0 Å². The molecule has 0 aromatic rings. The summed E-state index contributed by atoms with van der Waals surface area (Å²) in [4.78, 5) is 0. The van der Waals surface area contributed by atoms with E-state index in [1.807, 2.05) is 0 Å². The molecule has 45 heavy (non-hydrogen) atoms. The van der Waals surface area contributed by atoms with Crippen LogP contribution in [0.5, 0.6) is 0 Å².